The lowest BCUT2D eigenvalue weighted by Gasteiger charge is -2.49. The summed E-state index contributed by atoms with van der Waals surface area (Å²) >= 11 is 0. The van der Waals surface area contributed by atoms with Crippen LogP contribution in [0.3, 0.4) is 0 Å². The minimum atomic E-state index is -1.60. The molecule has 280 valence electrons. The average Bonchev–Trinajstić information content (AvgIpc) is 3.46. The van der Waals surface area contributed by atoms with Gasteiger partial charge in [-0.1, -0.05) is 131 Å². The molecule has 0 amide bonds. The number of benzene rings is 3. The predicted molar refractivity (Wildman–Crippen MR) is 196 cm³/mol. The Morgan fingerprint density at radius 1 is 0.865 bits per heavy atom. The van der Waals surface area contributed by atoms with Crippen LogP contribution in [-0.2, 0) is 44.6 Å². The average molecular weight is 715 g/mol. The van der Waals surface area contributed by atoms with Gasteiger partial charge in [-0.25, -0.2) is 0 Å². The SMILES string of the molecule is CCCCCCCCC[C@H](CC(=O)O[C@H]1[C@@H]2OC(C)(C)OC[C@H]2O[C@@H](O)[C@@H]1C(=O)OCC1c2ccccc2-c2ccccc21)OCc1ccccc1. The van der Waals surface area contributed by atoms with Crippen molar-refractivity contribution in [2.75, 3.05) is 13.2 Å². The summed E-state index contributed by atoms with van der Waals surface area (Å²) in [5.41, 5.74) is 5.36. The Balaban J connectivity index is 1.16. The lowest BCUT2D eigenvalue weighted by atomic mass is 9.89. The van der Waals surface area contributed by atoms with E-state index in [9.17, 15) is 14.7 Å². The summed E-state index contributed by atoms with van der Waals surface area (Å²) in [6.45, 7) is 6.24. The predicted octanol–water partition coefficient (Wildman–Crippen LogP) is 7.86. The van der Waals surface area contributed by atoms with Gasteiger partial charge in [-0.05, 0) is 48.1 Å². The maximum atomic E-state index is 14.0. The first kappa shape index (κ1) is 38.1. The van der Waals surface area contributed by atoms with Gasteiger partial charge >= 0.3 is 11.9 Å². The number of hydrogen-bond donors (Lipinski definition) is 1. The zero-order chi connectivity index (χ0) is 36.5. The molecule has 1 N–H and O–H groups in total. The Labute approximate surface area is 307 Å². The van der Waals surface area contributed by atoms with Crippen molar-refractivity contribution in [3.8, 4) is 11.1 Å². The van der Waals surface area contributed by atoms with E-state index in [1.54, 1.807) is 13.8 Å². The number of fused-ring (bicyclic) bond motifs is 4. The van der Waals surface area contributed by atoms with Crippen molar-refractivity contribution in [3.05, 3.63) is 95.6 Å². The third-order valence-electron chi connectivity index (χ3n) is 10.4. The Hall–Kier alpha value is -3.60. The topological polar surface area (TPSA) is 110 Å². The quantitative estimate of drug-likeness (QED) is 0.110. The number of carbonyl (C=O) groups is 2. The maximum Gasteiger partial charge on any atom is 0.318 e. The van der Waals surface area contributed by atoms with Crippen LogP contribution in [0.2, 0.25) is 0 Å². The highest BCUT2D eigenvalue weighted by atomic mass is 16.7. The van der Waals surface area contributed by atoms with Gasteiger partial charge in [0.2, 0.25) is 0 Å². The van der Waals surface area contributed by atoms with Crippen LogP contribution in [0.4, 0.5) is 0 Å². The van der Waals surface area contributed by atoms with Crippen LogP contribution in [0.1, 0.15) is 101 Å². The van der Waals surface area contributed by atoms with Crippen LogP contribution in [0.5, 0.6) is 0 Å². The van der Waals surface area contributed by atoms with Gasteiger partial charge in [0.15, 0.2) is 12.1 Å². The normalized spacial score (nSPS) is 24.0. The fraction of sp³-hybridized carbons (Fsp3) is 0.535. The number of carbonyl (C=O) groups excluding carboxylic acids is 2. The minimum Gasteiger partial charge on any atom is -0.464 e. The monoisotopic (exact) mass is 714 g/mol. The summed E-state index contributed by atoms with van der Waals surface area (Å²) in [5, 5.41) is 11.3. The molecule has 3 aromatic carbocycles. The number of ether oxygens (including phenoxy) is 6. The van der Waals surface area contributed by atoms with E-state index < -0.39 is 48.2 Å². The van der Waals surface area contributed by atoms with Crippen LogP contribution in [-0.4, -0.2) is 66.8 Å². The van der Waals surface area contributed by atoms with E-state index in [2.05, 4.69) is 19.1 Å². The molecule has 9 heteroatoms. The lowest BCUT2D eigenvalue weighted by molar-refractivity contribution is -0.370. The molecule has 2 fully saturated rings. The molecule has 9 nitrogen and oxygen atoms in total. The number of esters is 2. The lowest BCUT2D eigenvalue weighted by Crippen LogP contribution is -2.65. The summed E-state index contributed by atoms with van der Waals surface area (Å²) in [7, 11) is 0. The first-order valence-electron chi connectivity index (χ1n) is 19.1. The van der Waals surface area contributed by atoms with E-state index in [0.717, 1.165) is 47.1 Å². The number of aliphatic hydroxyl groups excluding tert-OH is 1. The van der Waals surface area contributed by atoms with Gasteiger partial charge in [0.05, 0.1) is 25.7 Å². The first-order chi connectivity index (χ1) is 25.2. The molecule has 3 aliphatic rings. The van der Waals surface area contributed by atoms with E-state index in [4.69, 9.17) is 28.4 Å². The van der Waals surface area contributed by atoms with Crippen molar-refractivity contribution in [1.82, 2.24) is 0 Å². The highest BCUT2D eigenvalue weighted by Crippen LogP contribution is 2.45. The van der Waals surface area contributed by atoms with Crippen molar-refractivity contribution in [1.29, 1.82) is 0 Å². The number of hydrogen-bond acceptors (Lipinski definition) is 9. The molecule has 2 saturated heterocycles. The van der Waals surface area contributed by atoms with E-state index >= 15 is 0 Å². The second-order valence-corrected chi connectivity index (χ2v) is 14.7. The fourth-order valence-corrected chi connectivity index (χ4v) is 7.68. The summed E-state index contributed by atoms with van der Waals surface area (Å²) in [6.07, 6.45) is 3.96. The Morgan fingerprint density at radius 3 is 2.19 bits per heavy atom. The van der Waals surface area contributed by atoms with Crippen molar-refractivity contribution >= 4 is 11.9 Å². The molecule has 0 unspecified atom stereocenters. The van der Waals surface area contributed by atoms with E-state index in [-0.39, 0.29) is 31.7 Å². The third-order valence-corrected chi connectivity index (χ3v) is 10.4. The molecule has 2 aliphatic heterocycles. The van der Waals surface area contributed by atoms with Gasteiger partial charge in [-0.2, -0.15) is 0 Å². The van der Waals surface area contributed by atoms with Crippen LogP contribution < -0.4 is 0 Å². The largest absolute Gasteiger partial charge is 0.464 e. The van der Waals surface area contributed by atoms with E-state index in [0.29, 0.717) is 13.0 Å². The molecule has 0 bridgehead atoms. The fourth-order valence-electron chi connectivity index (χ4n) is 7.68. The molecule has 1 aliphatic carbocycles. The van der Waals surface area contributed by atoms with Crippen LogP contribution >= 0.6 is 0 Å². The highest BCUT2D eigenvalue weighted by Gasteiger charge is 2.56. The number of rotatable bonds is 17. The van der Waals surface area contributed by atoms with Crippen LogP contribution in [0.15, 0.2) is 78.9 Å². The van der Waals surface area contributed by atoms with Crippen molar-refractivity contribution < 1.29 is 43.1 Å². The summed E-state index contributed by atoms with van der Waals surface area (Å²) in [5.74, 6) is -3.81. The van der Waals surface area contributed by atoms with Crippen molar-refractivity contribution in [3.63, 3.8) is 0 Å². The van der Waals surface area contributed by atoms with Gasteiger partial charge < -0.3 is 33.5 Å². The Morgan fingerprint density at radius 2 is 1.50 bits per heavy atom. The smallest absolute Gasteiger partial charge is 0.318 e. The molecule has 2 heterocycles. The van der Waals surface area contributed by atoms with Gasteiger partial charge in [0.25, 0.3) is 0 Å². The van der Waals surface area contributed by atoms with Gasteiger partial charge in [-0.15, -0.1) is 0 Å². The summed E-state index contributed by atoms with van der Waals surface area (Å²) in [6, 6.07) is 26.0. The van der Waals surface area contributed by atoms with E-state index in [1.165, 1.54) is 25.7 Å². The second-order valence-electron chi connectivity index (χ2n) is 14.7. The Kier molecular flexibility index (Phi) is 13.2. The van der Waals surface area contributed by atoms with Crippen LogP contribution in [0.25, 0.3) is 11.1 Å². The molecular weight excluding hydrogens is 660 g/mol. The second kappa shape index (κ2) is 18.0. The third kappa shape index (κ3) is 9.49. The molecule has 0 spiro atoms. The van der Waals surface area contributed by atoms with Crippen LogP contribution in [0, 0.1) is 5.92 Å². The zero-order valence-electron chi connectivity index (χ0n) is 30.7. The van der Waals surface area contributed by atoms with Gasteiger partial charge in [0.1, 0.15) is 30.8 Å². The standard InChI is InChI=1S/C43H54O9/c1-4-5-6-7-8-9-13-20-30(47-26-29-18-11-10-12-19-29)25-37(44)51-40-38(42(46)50-36-28-49-43(2,3)52-39(36)40)41(45)48-27-35-33-23-16-14-21-31(33)32-22-15-17-24-34(32)35/h10-12,14-19,21-24,30,35-36,38-40,42,46H,4-9,13,20,25-28H2,1-3H3/t30-,36-,38+,39-,40-,42-/m1/s1. The first-order valence-corrected chi connectivity index (χ1v) is 19.1. The highest BCUT2D eigenvalue weighted by molar-refractivity contribution is 5.80. The van der Waals surface area contributed by atoms with Gasteiger partial charge in [-0.3, -0.25) is 9.59 Å². The molecular formula is C43H54O9. The number of aliphatic hydroxyl groups is 1. The maximum absolute atomic E-state index is 14.0. The zero-order valence-corrected chi connectivity index (χ0v) is 30.7. The molecule has 0 radical (unpaired) electrons. The molecule has 0 saturated carbocycles. The van der Waals surface area contributed by atoms with Gasteiger partial charge in [0, 0.05) is 5.92 Å². The van der Waals surface area contributed by atoms with Crippen molar-refractivity contribution in [2.45, 2.75) is 128 Å². The summed E-state index contributed by atoms with van der Waals surface area (Å²) in [4.78, 5) is 27.8. The van der Waals surface area contributed by atoms with E-state index in [1.807, 2.05) is 66.7 Å². The Bertz CT molecular complexity index is 1560. The molecule has 52 heavy (non-hydrogen) atoms. The summed E-state index contributed by atoms with van der Waals surface area (Å²) < 4.78 is 36.4. The minimum absolute atomic E-state index is 0.00912. The number of unbranched alkanes of at least 4 members (excludes halogenated alkanes) is 6. The molecule has 6 rings (SSSR count). The van der Waals surface area contributed by atoms with Crippen molar-refractivity contribution in [2.24, 2.45) is 5.92 Å². The molecule has 3 aromatic rings. The molecule has 6 atom stereocenters. The molecule has 0 aromatic heterocycles.